The summed E-state index contributed by atoms with van der Waals surface area (Å²) in [4.78, 5) is 25.1. The molecule has 1 aliphatic heterocycles. The molecular weight excluding hydrogens is 1040 g/mol. The second-order valence-corrected chi connectivity index (χ2v) is 24.6. The largest absolute Gasteiger partial charge is 0.466 e. The summed E-state index contributed by atoms with van der Waals surface area (Å²) in [6.07, 6.45) is 70.1. The van der Waals surface area contributed by atoms with E-state index in [1.54, 1.807) is 6.08 Å². The van der Waals surface area contributed by atoms with E-state index in [-0.39, 0.29) is 18.5 Å². The number of aliphatic hydroxyl groups excluding tert-OH is 5. The van der Waals surface area contributed by atoms with Crippen molar-refractivity contribution in [1.29, 1.82) is 0 Å². The number of aliphatic hydroxyl groups is 5. The molecule has 1 rings (SSSR count). The van der Waals surface area contributed by atoms with Crippen LogP contribution in [0.5, 0.6) is 0 Å². The fraction of sp³-hybridized carbons (Fsp3) is 0.861. The Hall–Kier alpha value is -2.38. The van der Waals surface area contributed by atoms with Crippen LogP contribution in [0.1, 0.15) is 335 Å². The summed E-state index contributed by atoms with van der Waals surface area (Å²) in [5.41, 5.74) is 0. The number of allylic oxidation sites excluding steroid dienone is 7. The first-order valence-electron chi connectivity index (χ1n) is 35.4. The number of ether oxygens (including phenoxy) is 3. The zero-order valence-corrected chi connectivity index (χ0v) is 53.9. The van der Waals surface area contributed by atoms with Crippen molar-refractivity contribution in [2.75, 3.05) is 19.8 Å². The molecule has 1 fully saturated rings. The Morgan fingerprint density at radius 3 is 1.27 bits per heavy atom. The van der Waals surface area contributed by atoms with Crippen LogP contribution in [0, 0.1) is 0 Å². The van der Waals surface area contributed by atoms with E-state index in [1.807, 2.05) is 19.1 Å². The van der Waals surface area contributed by atoms with Crippen LogP contribution < -0.4 is 5.32 Å². The first-order chi connectivity index (χ1) is 40.7. The van der Waals surface area contributed by atoms with Crippen molar-refractivity contribution in [3.63, 3.8) is 0 Å². The average molecular weight is 1170 g/mol. The lowest BCUT2D eigenvalue weighted by molar-refractivity contribution is -0.302. The summed E-state index contributed by atoms with van der Waals surface area (Å²) < 4.78 is 16.7. The van der Waals surface area contributed by atoms with Gasteiger partial charge in [-0.3, -0.25) is 9.59 Å². The van der Waals surface area contributed by atoms with E-state index in [1.165, 1.54) is 250 Å². The smallest absolute Gasteiger partial charge is 0.305 e. The molecule has 0 aromatic rings. The minimum atomic E-state index is -1.58. The standard InChI is InChI=1S/C72H133NO10/c1-3-5-7-9-11-13-14-15-37-40-44-48-52-56-60-68(77)81-61-57-53-49-45-41-38-35-33-31-29-27-25-23-21-19-17-16-18-20-22-24-26-28-30-32-34-36-39-43-47-51-55-59-67(76)73-64(65(75)58-54-50-46-42-12-10-8-6-4-2)63-82-72-71(80)70(79)69(78)66(62-74)83-72/h4,6,12,19,21,42,54,58,64-66,69-72,74-75,78-80H,3,5,7-11,13-18,20,22-41,43-53,55-57,59-63H2,1-2H3,(H,73,76)/b6-4+,21-19-,42-12+,58-54+. The molecule has 0 saturated carbocycles. The van der Waals surface area contributed by atoms with Gasteiger partial charge in [-0.1, -0.05) is 293 Å². The second kappa shape index (κ2) is 61.3. The van der Waals surface area contributed by atoms with Gasteiger partial charge in [0, 0.05) is 12.8 Å². The molecule has 83 heavy (non-hydrogen) atoms. The monoisotopic (exact) mass is 1170 g/mol. The first-order valence-corrected chi connectivity index (χ1v) is 35.4. The van der Waals surface area contributed by atoms with E-state index < -0.39 is 49.5 Å². The van der Waals surface area contributed by atoms with Crippen LogP contribution in [0.15, 0.2) is 48.6 Å². The van der Waals surface area contributed by atoms with Gasteiger partial charge in [-0.2, -0.15) is 0 Å². The van der Waals surface area contributed by atoms with Crippen LogP contribution in [-0.2, 0) is 23.8 Å². The molecule has 486 valence electrons. The van der Waals surface area contributed by atoms with Gasteiger partial charge in [-0.05, 0) is 77.6 Å². The van der Waals surface area contributed by atoms with E-state index in [9.17, 15) is 35.1 Å². The molecule has 11 heteroatoms. The highest BCUT2D eigenvalue weighted by Crippen LogP contribution is 2.23. The van der Waals surface area contributed by atoms with Gasteiger partial charge in [0.15, 0.2) is 6.29 Å². The second-order valence-electron chi connectivity index (χ2n) is 24.6. The molecule has 0 radical (unpaired) electrons. The quantitative estimate of drug-likeness (QED) is 0.0195. The van der Waals surface area contributed by atoms with Crippen molar-refractivity contribution in [3.8, 4) is 0 Å². The van der Waals surface area contributed by atoms with Crippen molar-refractivity contribution in [2.45, 2.75) is 378 Å². The van der Waals surface area contributed by atoms with Gasteiger partial charge in [0.25, 0.3) is 0 Å². The minimum Gasteiger partial charge on any atom is -0.466 e. The summed E-state index contributed by atoms with van der Waals surface area (Å²) in [7, 11) is 0. The Kier molecular flexibility index (Phi) is 58.0. The van der Waals surface area contributed by atoms with E-state index >= 15 is 0 Å². The molecule has 7 atom stereocenters. The number of carbonyl (C=O) groups excluding carboxylic acids is 2. The van der Waals surface area contributed by atoms with Crippen LogP contribution in [0.4, 0.5) is 0 Å². The number of esters is 1. The number of unbranched alkanes of at least 4 members (excludes halogenated alkanes) is 43. The summed E-state index contributed by atoms with van der Waals surface area (Å²) in [5, 5.41) is 54.2. The maximum absolute atomic E-state index is 13.0. The molecule has 1 heterocycles. The highest BCUT2D eigenvalue weighted by molar-refractivity contribution is 5.76. The molecule has 6 N–H and O–H groups in total. The van der Waals surface area contributed by atoms with Crippen LogP contribution in [-0.4, -0.2) is 100 Å². The van der Waals surface area contributed by atoms with Gasteiger partial charge in [0.05, 0.1) is 32.0 Å². The number of hydrogen-bond acceptors (Lipinski definition) is 10. The Labute approximate surface area is 510 Å². The Morgan fingerprint density at radius 1 is 0.458 bits per heavy atom. The van der Waals surface area contributed by atoms with E-state index in [0.717, 1.165) is 57.8 Å². The molecular formula is C72H133NO10. The van der Waals surface area contributed by atoms with Crippen molar-refractivity contribution in [3.05, 3.63) is 48.6 Å². The number of amides is 1. The van der Waals surface area contributed by atoms with Crippen LogP contribution in [0.25, 0.3) is 0 Å². The lowest BCUT2D eigenvalue weighted by Gasteiger charge is -2.40. The molecule has 7 unspecified atom stereocenters. The molecule has 1 amide bonds. The average Bonchev–Trinajstić information content (AvgIpc) is 3.55. The zero-order chi connectivity index (χ0) is 60.2. The van der Waals surface area contributed by atoms with E-state index in [2.05, 4.69) is 42.6 Å². The third-order valence-electron chi connectivity index (χ3n) is 16.7. The number of rotatable bonds is 62. The summed E-state index contributed by atoms with van der Waals surface area (Å²) in [6, 6.07) is -0.832. The van der Waals surface area contributed by atoms with Gasteiger partial charge < -0.3 is 45.1 Å². The third kappa shape index (κ3) is 50.3. The maximum Gasteiger partial charge on any atom is 0.305 e. The van der Waals surface area contributed by atoms with Crippen molar-refractivity contribution < 1.29 is 49.3 Å². The van der Waals surface area contributed by atoms with Gasteiger partial charge in [-0.15, -0.1) is 0 Å². The Balaban J connectivity index is 1.90. The summed E-state index contributed by atoms with van der Waals surface area (Å²) in [6.45, 7) is 4.12. The summed E-state index contributed by atoms with van der Waals surface area (Å²) >= 11 is 0. The first kappa shape index (κ1) is 78.6. The fourth-order valence-electron chi connectivity index (χ4n) is 11.2. The van der Waals surface area contributed by atoms with Gasteiger partial charge in [0.1, 0.15) is 24.4 Å². The third-order valence-corrected chi connectivity index (χ3v) is 16.7. The molecule has 0 bridgehead atoms. The number of nitrogens with one attached hydrogen (secondary N) is 1. The highest BCUT2D eigenvalue weighted by Gasteiger charge is 2.44. The molecule has 1 saturated heterocycles. The molecule has 1 aliphatic rings. The van der Waals surface area contributed by atoms with Gasteiger partial charge >= 0.3 is 5.97 Å². The molecule has 0 aromatic carbocycles. The zero-order valence-electron chi connectivity index (χ0n) is 53.9. The van der Waals surface area contributed by atoms with Crippen LogP contribution in [0.3, 0.4) is 0 Å². The maximum atomic E-state index is 13.0. The normalized spacial score (nSPS) is 18.4. The molecule has 0 aromatic heterocycles. The SMILES string of the molecule is C/C=C/CC/C=C/CC/C=C/C(O)C(COC1OC(CO)C(O)C(O)C1O)NC(=O)CCCCCCCCCCCCCCCCCC/C=C\CCCCCCCCCCCCCCOC(=O)CCCCCCCCCCCCCCCC. The van der Waals surface area contributed by atoms with Crippen LogP contribution >= 0.6 is 0 Å². The van der Waals surface area contributed by atoms with Crippen LogP contribution in [0.2, 0.25) is 0 Å². The predicted molar refractivity (Wildman–Crippen MR) is 347 cm³/mol. The lowest BCUT2D eigenvalue weighted by Crippen LogP contribution is -2.60. The predicted octanol–water partition coefficient (Wildman–Crippen LogP) is 18.0. The Morgan fingerprint density at radius 2 is 0.831 bits per heavy atom. The van der Waals surface area contributed by atoms with Crippen molar-refractivity contribution in [2.24, 2.45) is 0 Å². The molecule has 11 nitrogen and oxygen atoms in total. The lowest BCUT2D eigenvalue weighted by atomic mass is 9.99. The summed E-state index contributed by atoms with van der Waals surface area (Å²) in [5.74, 6) is -0.184. The molecule has 0 spiro atoms. The number of hydrogen-bond donors (Lipinski definition) is 6. The van der Waals surface area contributed by atoms with E-state index in [0.29, 0.717) is 19.4 Å². The number of carbonyl (C=O) groups is 2. The van der Waals surface area contributed by atoms with Gasteiger partial charge in [-0.25, -0.2) is 0 Å². The van der Waals surface area contributed by atoms with Crippen molar-refractivity contribution >= 4 is 11.9 Å². The highest BCUT2D eigenvalue weighted by atomic mass is 16.7. The Bertz CT molecular complexity index is 1520. The van der Waals surface area contributed by atoms with Crippen molar-refractivity contribution in [1.82, 2.24) is 5.32 Å². The van der Waals surface area contributed by atoms with Gasteiger partial charge in [0.2, 0.25) is 5.91 Å². The fourth-order valence-corrected chi connectivity index (χ4v) is 11.2. The van der Waals surface area contributed by atoms with E-state index in [4.69, 9.17) is 14.2 Å². The minimum absolute atomic E-state index is 0.0125. The molecule has 0 aliphatic carbocycles. The topological polar surface area (TPSA) is 175 Å².